The zero-order chi connectivity index (χ0) is 19.4. The molecule has 0 atom stereocenters. The Hall–Kier alpha value is -1.60. The molecular weight excluding hydrogens is 346 g/mol. The lowest BCUT2D eigenvalue weighted by molar-refractivity contribution is 0.0273. The van der Waals surface area contributed by atoms with E-state index in [1.54, 1.807) is 4.90 Å². The predicted molar refractivity (Wildman–Crippen MR) is 107 cm³/mol. The third-order valence-corrected chi connectivity index (χ3v) is 5.70. The maximum absolute atomic E-state index is 12.3. The van der Waals surface area contributed by atoms with Crippen LogP contribution >= 0.6 is 0 Å². The summed E-state index contributed by atoms with van der Waals surface area (Å²) >= 11 is 0. The van der Waals surface area contributed by atoms with Gasteiger partial charge in [-0.2, -0.15) is 5.10 Å². The fourth-order valence-electron chi connectivity index (χ4n) is 2.55. The average Bonchev–Trinajstić information content (AvgIpc) is 2.98. The molecule has 0 saturated carbocycles. The van der Waals surface area contributed by atoms with Crippen molar-refractivity contribution < 1.29 is 14.3 Å². The molecule has 0 unspecified atom stereocenters. The molecule has 2 heterocycles. The Balaban J connectivity index is 1.88. The SMILES string of the molecule is CC(C)(C)OC(=O)N1CCC=C(c2ccn(COCC[Si](C)(C)C)n2)C1. The first-order chi connectivity index (χ1) is 12.0. The minimum absolute atomic E-state index is 0.266. The lowest BCUT2D eigenvalue weighted by Crippen LogP contribution is -2.39. The van der Waals surface area contributed by atoms with Crippen LogP contribution in [0.4, 0.5) is 4.79 Å². The first-order valence-corrected chi connectivity index (χ1v) is 13.0. The van der Waals surface area contributed by atoms with Crippen molar-refractivity contribution in [3.05, 3.63) is 24.0 Å². The molecule has 146 valence electrons. The number of amides is 1. The number of hydrogen-bond donors (Lipinski definition) is 0. The van der Waals surface area contributed by atoms with Crippen LogP contribution in [0, 0.1) is 0 Å². The van der Waals surface area contributed by atoms with E-state index in [1.807, 2.05) is 37.7 Å². The summed E-state index contributed by atoms with van der Waals surface area (Å²) in [7, 11) is -1.07. The maximum Gasteiger partial charge on any atom is 0.410 e. The molecule has 0 fully saturated rings. The molecule has 0 radical (unpaired) electrons. The minimum atomic E-state index is -1.07. The molecule has 1 aromatic heterocycles. The van der Waals surface area contributed by atoms with Crippen molar-refractivity contribution in [1.82, 2.24) is 14.7 Å². The largest absolute Gasteiger partial charge is 0.444 e. The Bertz CT molecular complexity index is 641. The standard InChI is InChI=1S/C19H33N3O3Si/c1-19(2,3)25-18(23)21-10-7-8-16(14-21)17-9-11-22(20-17)15-24-12-13-26(4,5)6/h8-9,11H,7,10,12-15H2,1-6H3. The lowest BCUT2D eigenvalue weighted by Gasteiger charge is -2.29. The van der Waals surface area contributed by atoms with Crippen LogP contribution < -0.4 is 0 Å². The molecule has 2 rings (SSSR count). The molecule has 26 heavy (non-hydrogen) atoms. The smallest absolute Gasteiger partial charge is 0.410 e. The van der Waals surface area contributed by atoms with E-state index >= 15 is 0 Å². The predicted octanol–water partition coefficient (Wildman–Crippen LogP) is 4.22. The van der Waals surface area contributed by atoms with Crippen LogP contribution in [-0.4, -0.2) is 54.1 Å². The third kappa shape index (κ3) is 6.95. The third-order valence-electron chi connectivity index (χ3n) is 3.99. The molecule has 0 aliphatic carbocycles. The molecule has 0 N–H and O–H groups in total. The van der Waals surface area contributed by atoms with Crippen LogP contribution in [0.1, 0.15) is 32.9 Å². The molecule has 0 saturated heterocycles. The number of hydrogen-bond acceptors (Lipinski definition) is 4. The highest BCUT2D eigenvalue weighted by molar-refractivity contribution is 6.76. The quantitative estimate of drug-likeness (QED) is 0.548. The molecule has 1 amide bonds. The summed E-state index contributed by atoms with van der Waals surface area (Å²) in [6.07, 6.45) is 4.63. The van der Waals surface area contributed by atoms with Gasteiger partial charge in [0.05, 0.1) is 12.2 Å². The Kier molecular flexibility index (Phi) is 6.68. The topological polar surface area (TPSA) is 56.6 Å². The van der Waals surface area contributed by atoms with Crippen molar-refractivity contribution >= 4 is 19.7 Å². The molecule has 6 nitrogen and oxygen atoms in total. The fraction of sp³-hybridized carbons (Fsp3) is 0.684. The van der Waals surface area contributed by atoms with Gasteiger partial charge in [0, 0.05) is 27.4 Å². The summed E-state index contributed by atoms with van der Waals surface area (Å²) in [4.78, 5) is 14.0. The monoisotopic (exact) mass is 379 g/mol. The zero-order valence-corrected chi connectivity index (χ0v) is 18.0. The second-order valence-corrected chi connectivity index (χ2v) is 14.6. The number of ether oxygens (including phenoxy) is 2. The van der Waals surface area contributed by atoms with E-state index < -0.39 is 13.7 Å². The molecule has 7 heteroatoms. The summed E-state index contributed by atoms with van der Waals surface area (Å²) in [5.41, 5.74) is 1.47. The van der Waals surface area contributed by atoms with Gasteiger partial charge in [0.25, 0.3) is 0 Å². The van der Waals surface area contributed by atoms with Gasteiger partial charge in [-0.3, -0.25) is 0 Å². The number of carbonyl (C=O) groups excluding carboxylic acids is 1. The Morgan fingerprint density at radius 3 is 2.69 bits per heavy atom. The Labute approximate surface area is 158 Å². The molecule has 0 aromatic carbocycles. The number of carbonyl (C=O) groups is 1. The molecule has 0 bridgehead atoms. The average molecular weight is 380 g/mol. The minimum Gasteiger partial charge on any atom is -0.444 e. The molecular formula is C19H33N3O3Si. The fourth-order valence-corrected chi connectivity index (χ4v) is 3.31. The first-order valence-electron chi connectivity index (χ1n) is 9.32. The van der Waals surface area contributed by atoms with Crippen LogP contribution in [0.15, 0.2) is 18.3 Å². The van der Waals surface area contributed by atoms with E-state index in [0.717, 1.165) is 30.3 Å². The van der Waals surface area contributed by atoms with Crippen molar-refractivity contribution in [2.24, 2.45) is 0 Å². The van der Waals surface area contributed by atoms with Crippen molar-refractivity contribution in [3.63, 3.8) is 0 Å². The van der Waals surface area contributed by atoms with Crippen molar-refractivity contribution in [1.29, 1.82) is 0 Å². The summed E-state index contributed by atoms with van der Waals surface area (Å²) < 4.78 is 13.0. The van der Waals surface area contributed by atoms with Crippen LogP contribution in [0.25, 0.3) is 5.57 Å². The van der Waals surface area contributed by atoms with Crippen molar-refractivity contribution in [2.45, 2.75) is 65.2 Å². The molecule has 0 spiro atoms. The van der Waals surface area contributed by atoms with Crippen molar-refractivity contribution in [3.8, 4) is 0 Å². The highest BCUT2D eigenvalue weighted by atomic mass is 28.3. The highest BCUT2D eigenvalue weighted by Crippen LogP contribution is 2.21. The zero-order valence-electron chi connectivity index (χ0n) is 17.0. The summed E-state index contributed by atoms with van der Waals surface area (Å²) in [5, 5.41) is 4.59. The van der Waals surface area contributed by atoms with Gasteiger partial charge in [0.2, 0.25) is 0 Å². The second-order valence-electron chi connectivity index (χ2n) is 9.01. The van der Waals surface area contributed by atoms with E-state index in [2.05, 4.69) is 30.8 Å². The van der Waals surface area contributed by atoms with Crippen LogP contribution in [-0.2, 0) is 16.2 Å². The van der Waals surface area contributed by atoms with Crippen LogP contribution in [0.2, 0.25) is 25.7 Å². The first kappa shape index (κ1) is 20.7. The van der Waals surface area contributed by atoms with E-state index in [-0.39, 0.29) is 6.09 Å². The van der Waals surface area contributed by atoms with Gasteiger partial charge in [0.1, 0.15) is 12.3 Å². The van der Waals surface area contributed by atoms with Gasteiger partial charge >= 0.3 is 6.09 Å². The van der Waals surface area contributed by atoms with Crippen LogP contribution in [0.5, 0.6) is 0 Å². The normalized spacial score (nSPS) is 15.8. The van der Waals surface area contributed by atoms with E-state index in [0.29, 0.717) is 19.8 Å². The van der Waals surface area contributed by atoms with Gasteiger partial charge in [-0.25, -0.2) is 9.48 Å². The Morgan fingerprint density at radius 2 is 2.04 bits per heavy atom. The van der Waals surface area contributed by atoms with Crippen molar-refractivity contribution in [2.75, 3.05) is 19.7 Å². The summed E-state index contributed by atoms with van der Waals surface area (Å²) in [6.45, 7) is 15.1. The number of rotatable bonds is 6. The highest BCUT2D eigenvalue weighted by Gasteiger charge is 2.25. The van der Waals surface area contributed by atoms with E-state index in [4.69, 9.17) is 9.47 Å². The van der Waals surface area contributed by atoms with E-state index in [1.165, 1.54) is 0 Å². The van der Waals surface area contributed by atoms with Gasteiger partial charge in [0.15, 0.2) is 0 Å². The van der Waals surface area contributed by atoms with Gasteiger partial charge < -0.3 is 14.4 Å². The summed E-state index contributed by atoms with van der Waals surface area (Å²) in [6, 6.07) is 3.13. The number of nitrogens with zero attached hydrogens (tertiary/aromatic N) is 3. The number of aromatic nitrogens is 2. The van der Waals surface area contributed by atoms with Gasteiger partial charge in [-0.05, 0) is 44.9 Å². The maximum atomic E-state index is 12.3. The van der Waals surface area contributed by atoms with E-state index in [9.17, 15) is 4.79 Å². The Morgan fingerprint density at radius 1 is 1.31 bits per heavy atom. The van der Waals surface area contributed by atoms with Crippen LogP contribution in [0.3, 0.4) is 0 Å². The van der Waals surface area contributed by atoms with Gasteiger partial charge in [-0.1, -0.05) is 25.7 Å². The van der Waals surface area contributed by atoms with Gasteiger partial charge in [-0.15, -0.1) is 0 Å². The summed E-state index contributed by atoms with van der Waals surface area (Å²) in [5.74, 6) is 0. The molecule has 1 aromatic rings. The molecule has 1 aliphatic rings. The molecule has 1 aliphatic heterocycles. The lowest BCUT2D eigenvalue weighted by atomic mass is 10.1. The second kappa shape index (κ2) is 8.39.